The second-order valence-electron chi connectivity index (χ2n) is 18.1. The molecule has 0 aliphatic carbocycles. The highest BCUT2D eigenvalue weighted by Gasteiger charge is 2.50. The van der Waals surface area contributed by atoms with E-state index in [1.54, 1.807) is 0 Å². The zero-order valence-electron chi connectivity index (χ0n) is 43.0. The summed E-state index contributed by atoms with van der Waals surface area (Å²) < 4.78 is 28.2. The van der Waals surface area contributed by atoms with Crippen molar-refractivity contribution in [1.82, 2.24) is 0 Å². The Morgan fingerprint density at radius 2 is 0.942 bits per heavy atom. The molecule has 3 N–H and O–H groups in total. The number of esters is 3. The summed E-state index contributed by atoms with van der Waals surface area (Å²) in [5.74, 6) is -3.21. The van der Waals surface area contributed by atoms with Gasteiger partial charge in [-0.05, 0) is 77.0 Å². The van der Waals surface area contributed by atoms with Crippen molar-refractivity contribution in [2.75, 3.05) is 13.2 Å². The van der Waals surface area contributed by atoms with Gasteiger partial charge in [0, 0.05) is 19.3 Å². The molecule has 1 aliphatic rings. The number of hydrogen-bond donors (Lipinski definition) is 3. The average molecular weight is 971 g/mol. The van der Waals surface area contributed by atoms with Crippen molar-refractivity contribution in [2.24, 2.45) is 0 Å². The number of carbonyl (C=O) groups excluding carboxylic acids is 3. The molecule has 0 radical (unpaired) electrons. The van der Waals surface area contributed by atoms with E-state index < -0.39 is 67.3 Å². The molecule has 1 saturated heterocycles. The topological polar surface area (TPSA) is 175 Å². The van der Waals surface area contributed by atoms with Gasteiger partial charge in [-0.2, -0.15) is 0 Å². The maximum atomic E-state index is 13.0. The molecule has 12 heteroatoms. The lowest BCUT2D eigenvalue weighted by Crippen LogP contribution is -2.61. The van der Waals surface area contributed by atoms with Crippen molar-refractivity contribution in [2.45, 2.75) is 250 Å². The minimum Gasteiger partial charge on any atom is -0.479 e. The van der Waals surface area contributed by atoms with E-state index in [4.69, 9.17) is 23.7 Å². The van der Waals surface area contributed by atoms with Crippen LogP contribution in [0.15, 0.2) is 72.9 Å². The van der Waals surface area contributed by atoms with E-state index in [0.29, 0.717) is 25.7 Å². The quantitative estimate of drug-likeness (QED) is 0.0228. The van der Waals surface area contributed by atoms with Gasteiger partial charge in [-0.15, -0.1) is 0 Å². The first kappa shape index (κ1) is 63.2. The zero-order chi connectivity index (χ0) is 50.4. The second kappa shape index (κ2) is 45.3. The summed E-state index contributed by atoms with van der Waals surface area (Å²) >= 11 is 0. The minimum atomic E-state index is -1.92. The number of allylic oxidation sites excluding steroid dienone is 12. The third-order valence-corrected chi connectivity index (χ3v) is 11.8. The summed E-state index contributed by atoms with van der Waals surface area (Å²) in [6.45, 7) is 5.77. The maximum absolute atomic E-state index is 13.0. The summed E-state index contributed by atoms with van der Waals surface area (Å²) in [7, 11) is 0. The molecule has 0 spiro atoms. The van der Waals surface area contributed by atoms with Crippen molar-refractivity contribution in [3.8, 4) is 0 Å². The van der Waals surface area contributed by atoms with Crippen LogP contribution in [0, 0.1) is 0 Å². The van der Waals surface area contributed by atoms with Gasteiger partial charge in [0.25, 0.3) is 0 Å². The molecule has 0 amide bonds. The molecule has 1 fully saturated rings. The monoisotopic (exact) mass is 971 g/mol. The van der Waals surface area contributed by atoms with E-state index >= 15 is 0 Å². The third-order valence-electron chi connectivity index (χ3n) is 11.8. The number of unbranched alkanes of at least 4 members (excludes halogenated alkanes) is 18. The van der Waals surface area contributed by atoms with E-state index in [-0.39, 0.29) is 25.9 Å². The van der Waals surface area contributed by atoms with E-state index in [2.05, 4.69) is 81.5 Å². The summed E-state index contributed by atoms with van der Waals surface area (Å²) in [5, 5.41) is 31.3. The number of rotatable bonds is 44. The predicted octanol–water partition coefficient (Wildman–Crippen LogP) is 13.0. The summed E-state index contributed by atoms with van der Waals surface area (Å²) in [6, 6.07) is 0. The molecule has 0 bridgehead atoms. The number of hydrogen-bond acceptors (Lipinski definition) is 11. The van der Waals surface area contributed by atoms with Gasteiger partial charge in [0.2, 0.25) is 0 Å². The van der Waals surface area contributed by atoms with E-state index in [0.717, 1.165) is 89.9 Å². The molecular formula is C57H94O12. The minimum absolute atomic E-state index is 0.0194. The highest BCUT2D eigenvalue weighted by molar-refractivity contribution is 5.74. The Kier molecular flexibility index (Phi) is 41.5. The van der Waals surface area contributed by atoms with Crippen LogP contribution in [-0.2, 0) is 42.9 Å². The first-order valence-corrected chi connectivity index (χ1v) is 26.9. The van der Waals surface area contributed by atoms with Crippen LogP contribution in [0.2, 0.25) is 0 Å². The van der Waals surface area contributed by atoms with Crippen molar-refractivity contribution in [3.05, 3.63) is 72.9 Å². The highest BCUT2D eigenvalue weighted by Crippen LogP contribution is 2.26. The molecular weight excluding hydrogens is 877 g/mol. The lowest BCUT2D eigenvalue weighted by atomic mass is 9.98. The Balaban J connectivity index is 2.75. The standard InChI is InChI=1S/C57H94O12/c1-4-7-10-13-16-19-22-23-24-25-26-27-30-33-36-39-42-45-51(60)68-55-53(62)52(61)54(56(63)64)69-57(55)66-47-48(67-50(59)44-41-38-35-32-29-21-18-15-12-9-6-3)46-65-49(58)43-40-37-34-31-28-20-17-14-11-8-5-2/h7,10,14,16-17,19,23-24,26-27,33,36,48,52-55,57,61-62H,4-6,8-9,11-13,15,18,20-22,25,28-32,34-35,37-47H2,1-3H3,(H,63,64)/b10-7-,17-14-,19-16-,24-23-,27-26-,36-33-. The molecule has 0 saturated carbocycles. The molecule has 12 nitrogen and oxygen atoms in total. The fourth-order valence-electron chi connectivity index (χ4n) is 7.62. The Labute approximate surface area is 417 Å². The Morgan fingerprint density at radius 3 is 1.49 bits per heavy atom. The zero-order valence-corrected chi connectivity index (χ0v) is 43.0. The van der Waals surface area contributed by atoms with Crippen molar-refractivity contribution in [1.29, 1.82) is 0 Å². The van der Waals surface area contributed by atoms with E-state index in [1.807, 2.05) is 12.2 Å². The van der Waals surface area contributed by atoms with Crippen molar-refractivity contribution < 1.29 is 58.2 Å². The SMILES string of the molecule is CC/C=C\C/C=C\C/C=C\C/C=C\C/C=C\CCCC(=O)OC1C(OCC(COC(=O)CCCCCCC/C=C\CCCC)OC(=O)CCCCCCCCCCCCC)OC(C(=O)O)C(O)C1O. The van der Waals surface area contributed by atoms with Gasteiger partial charge in [-0.3, -0.25) is 14.4 Å². The fourth-order valence-corrected chi connectivity index (χ4v) is 7.62. The third kappa shape index (κ3) is 35.8. The number of carboxylic acid groups (broad SMARTS) is 1. The van der Waals surface area contributed by atoms with E-state index in [9.17, 15) is 34.5 Å². The second-order valence-corrected chi connectivity index (χ2v) is 18.1. The largest absolute Gasteiger partial charge is 0.479 e. The van der Waals surface area contributed by atoms with Gasteiger partial charge in [0.15, 0.2) is 24.6 Å². The fraction of sp³-hybridized carbons (Fsp3) is 0.719. The smallest absolute Gasteiger partial charge is 0.335 e. The summed E-state index contributed by atoms with van der Waals surface area (Å²) in [5.41, 5.74) is 0. The van der Waals surface area contributed by atoms with Crippen LogP contribution in [0.3, 0.4) is 0 Å². The molecule has 1 aliphatic heterocycles. The Morgan fingerprint density at radius 1 is 0.493 bits per heavy atom. The Bertz CT molecular complexity index is 1480. The molecule has 1 rings (SSSR count). The normalized spacial score (nSPS) is 19.2. The summed E-state index contributed by atoms with van der Waals surface area (Å²) in [4.78, 5) is 50.8. The molecule has 6 unspecified atom stereocenters. The van der Waals surface area contributed by atoms with E-state index in [1.165, 1.54) is 57.8 Å². The molecule has 0 aromatic carbocycles. The number of ether oxygens (including phenoxy) is 5. The van der Waals surface area contributed by atoms with Crippen LogP contribution in [-0.4, -0.2) is 89.2 Å². The van der Waals surface area contributed by atoms with Gasteiger partial charge >= 0.3 is 23.9 Å². The van der Waals surface area contributed by atoms with Crippen LogP contribution in [0.5, 0.6) is 0 Å². The van der Waals surface area contributed by atoms with Crippen molar-refractivity contribution >= 4 is 23.9 Å². The molecule has 6 atom stereocenters. The van der Waals surface area contributed by atoms with Gasteiger partial charge in [-0.25, -0.2) is 4.79 Å². The Hall–Kier alpha value is -3.84. The molecule has 69 heavy (non-hydrogen) atoms. The van der Waals surface area contributed by atoms with Crippen LogP contribution in [0.25, 0.3) is 0 Å². The van der Waals surface area contributed by atoms with Gasteiger partial charge in [-0.1, -0.05) is 190 Å². The molecule has 394 valence electrons. The number of aliphatic hydroxyl groups excluding tert-OH is 2. The van der Waals surface area contributed by atoms with Gasteiger partial charge in [0.05, 0.1) is 6.61 Å². The average Bonchev–Trinajstić information content (AvgIpc) is 3.33. The maximum Gasteiger partial charge on any atom is 0.335 e. The van der Waals surface area contributed by atoms with Crippen molar-refractivity contribution in [3.63, 3.8) is 0 Å². The highest BCUT2D eigenvalue weighted by atomic mass is 16.7. The molecule has 0 aromatic heterocycles. The first-order valence-electron chi connectivity index (χ1n) is 26.9. The van der Waals surface area contributed by atoms with Crippen LogP contribution >= 0.6 is 0 Å². The summed E-state index contributed by atoms with van der Waals surface area (Å²) in [6.07, 6.45) is 43.2. The van der Waals surface area contributed by atoms with Crippen LogP contribution in [0.1, 0.15) is 213 Å². The molecule has 0 aromatic rings. The number of carbonyl (C=O) groups is 4. The van der Waals surface area contributed by atoms with Crippen LogP contribution in [0.4, 0.5) is 0 Å². The van der Waals surface area contributed by atoms with Gasteiger partial charge in [0.1, 0.15) is 18.8 Å². The number of carboxylic acids is 1. The first-order chi connectivity index (χ1) is 33.6. The van der Waals surface area contributed by atoms with Gasteiger partial charge < -0.3 is 39.0 Å². The number of aliphatic hydroxyl groups is 2. The lowest BCUT2D eigenvalue weighted by Gasteiger charge is -2.40. The molecule has 1 heterocycles. The predicted molar refractivity (Wildman–Crippen MR) is 275 cm³/mol. The number of aliphatic carboxylic acids is 1. The lowest BCUT2D eigenvalue weighted by molar-refractivity contribution is -0.301. The van der Waals surface area contributed by atoms with Crippen LogP contribution < -0.4 is 0 Å².